The molecule has 0 aliphatic carbocycles. The molecule has 0 amide bonds. The van der Waals surface area contributed by atoms with Crippen LogP contribution < -0.4 is 5.32 Å². The molecule has 0 spiro atoms. The lowest BCUT2D eigenvalue weighted by atomic mass is 9.92. The van der Waals surface area contributed by atoms with Crippen molar-refractivity contribution in [2.24, 2.45) is 5.92 Å². The van der Waals surface area contributed by atoms with E-state index in [1.165, 1.54) is 25.7 Å². The van der Waals surface area contributed by atoms with Crippen LogP contribution in [0.1, 0.15) is 52.4 Å². The van der Waals surface area contributed by atoms with Gasteiger partial charge < -0.3 is 15.3 Å². The molecule has 0 bridgehead atoms. The summed E-state index contributed by atoms with van der Waals surface area (Å²) in [5, 5.41) is 12.3. The smallest absolute Gasteiger partial charge is 0.320 e. The highest BCUT2D eigenvalue weighted by molar-refractivity contribution is 5.73. The molecular weight excluding hydrogens is 240 g/mol. The number of hydrogen-bond acceptors (Lipinski definition) is 3. The number of carboxylic acids is 1. The fourth-order valence-electron chi connectivity index (χ4n) is 2.85. The van der Waals surface area contributed by atoms with Crippen LogP contribution in [-0.4, -0.2) is 48.2 Å². The minimum absolute atomic E-state index is 0.381. The second-order valence-electron chi connectivity index (χ2n) is 5.71. The summed E-state index contributed by atoms with van der Waals surface area (Å²) in [5.41, 5.74) is 0. The Kier molecular flexibility index (Phi) is 8.07. The van der Waals surface area contributed by atoms with E-state index >= 15 is 0 Å². The molecule has 1 unspecified atom stereocenters. The predicted molar refractivity (Wildman–Crippen MR) is 78.4 cm³/mol. The number of rotatable bonds is 9. The Hall–Kier alpha value is -0.610. The van der Waals surface area contributed by atoms with E-state index in [2.05, 4.69) is 24.1 Å². The van der Waals surface area contributed by atoms with Gasteiger partial charge in [-0.05, 0) is 51.2 Å². The minimum Gasteiger partial charge on any atom is -0.480 e. The number of likely N-dealkylation sites (tertiary alicyclic amines) is 1. The van der Waals surface area contributed by atoms with Crippen molar-refractivity contribution >= 4 is 5.97 Å². The van der Waals surface area contributed by atoms with Gasteiger partial charge in [0.25, 0.3) is 0 Å². The molecule has 1 aliphatic rings. The minimum atomic E-state index is -0.714. The van der Waals surface area contributed by atoms with E-state index in [0.29, 0.717) is 6.42 Å². The molecular formula is C15H30N2O2. The third-order valence-electron chi connectivity index (χ3n) is 4.08. The molecule has 0 aromatic heterocycles. The molecule has 1 saturated heterocycles. The highest BCUT2D eigenvalue weighted by Gasteiger charge is 2.21. The largest absolute Gasteiger partial charge is 0.480 e. The highest BCUT2D eigenvalue weighted by atomic mass is 16.4. The maximum Gasteiger partial charge on any atom is 0.320 e. The first-order valence-electron chi connectivity index (χ1n) is 7.85. The second-order valence-corrected chi connectivity index (χ2v) is 5.71. The lowest BCUT2D eigenvalue weighted by Crippen LogP contribution is -2.42. The van der Waals surface area contributed by atoms with E-state index in [4.69, 9.17) is 5.11 Å². The third-order valence-corrected chi connectivity index (χ3v) is 4.08. The number of piperidine rings is 1. The van der Waals surface area contributed by atoms with Crippen LogP contribution >= 0.6 is 0 Å². The molecule has 0 aromatic carbocycles. The average molecular weight is 270 g/mol. The number of aliphatic carboxylic acids is 1. The Morgan fingerprint density at radius 1 is 1.32 bits per heavy atom. The summed E-state index contributed by atoms with van der Waals surface area (Å²) >= 11 is 0. The molecule has 0 radical (unpaired) electrons. The van der Waals surface area contributed by atoms with Crippen molar-refractivity contribution in [3.05, 3.63) is 0 Å². The van der Waals surface area contributed by atoms with Gasteiger partial charge >= 0.3 is 5.97 Å². The van der Waals surface area contributed by atoms with Crippen molar-refractivity contribution in [2.45, 2.75) is 58.4 Å². The first kappa shape index (κ1) is 16.4. The Labute approximate surface area is 117 Å². The summed E-state index contributed by atoms with van der Waals surface area (Å²) in [4.78, 5) is 13.6. The van der Waals surface area contributed by atoms with Gasteiger partial charge in [-0.25, -0.2) is 0 Å². The van der Waals surface area contributed by atoms with Crippen LogP contribution in [0.3, 0.4) is 0 Å². The monoisotopic (exact) mass is 270 g/mol. The average Bonchev–Trinajstić information content (AvgIpc) is 2.40. The molecule has 112 valence electrons. The lowest BCUT2D eigenvalue weighted by molar-refractivity contribution is -0.139. The Balaban J connectivity index is 2.22. The Morgan fingerprint density at radius 3 is 2.53 bits per heavy atom. The summed E-state index contributed by atoms with van der Waals surface area (Å²) in [7, 11) is 0. The van der Waals surface area contributed by atoms with Crippen molar-refractivity contribution in [2.75, 3.05) is 26.2 Å². The van der Waals surface area contributed by atoms with Gasteiger partial charge in [-0.1, -0.05) is 26.7 Å². The second kappa shape index (κ2) is 9.32. The standard InChI is InChI=1S/C15H30N2O2/c1-3-5-13-6-10-17(11-7-13)12-8-14(15(18)19)16-9-4-2/h13-14,16H,3-12H2,1-2H3,(H,18,19). The van der Waals surface area contributed by atoms with Crippen LogP contribution in [0, 0.1) is 5.92 Å². The van der Waals surface area contributed by atoms with Crippen molar-refractivity contribution in [3.63, 3.8) is 0 Å². The fourth-order valence-corrected chi connectivity index (χ4v) is 2.85. The third kappa shape index (κ3) is 6.39. The molecule has 1 rings (SSSR count). The normalized spacial score (nSPS) is 19.5. The topological polar surface area (TPSA) is 52.6 Å². The zero-order valence-corrected chi connectivity index (χ0v) is 12.5. The van der Waals surface area contributed by atoms with Crippen LogP contribution in [-0.2, 0) is 4.79 Å². The van der Waals surface area contributed by atoms with Gasteiger partial charge in [-0.15, -0.1) is 0 Å². The van der Waals surface area contributed by atoms with Gasteiger partial charge in [-0.3, -0.25) is 4.79 Å². The van der Waals surface area contributed by atoms with Crippen LogP contribution in [0.2, 0.25) is 0 Å². The van der Waals surface area contributed by atoms with Crippen molar-refractivity contribution in [3.8, 4) is 0 Å². The summed E-state index contributed by atoms with van der Waals surface area (Å²) < 4.78 is 0. The van der Waals surface area contributed by atoms with Crippen molar-refractivity contribution in [1.82, 2.24) is 10.2 Å². The van der Waals surface area contributed by atoms with E-state index in [0.717, 1.165) is 38.5 Å². The number of nitrogens with zero attached hydrogens (tertiary/aromatic N) is 1. The quantitative estimate of drug-likeness (QED) is 0.675. The first-order valence-corrected chi connectivity index (χ1v) is 7.85. The van der Waals surface area contributed by atoms with E-state index in [1.807, 2.05) is 0 Å². The number of nitrogens with one attached hydrogen (secondary N) is 1. The molecule has 19 heavy (non-hydrogen) atoms. The van der Waals surface area contributed by atoms with E-state index < -0.39 is 5.97 Å². The molecule has 0 saturated carbocycles. The van der Waals surface area contributed by atoms with Crippen LogP contribution in [0.25, 0.3) is 0 Å². The van der Waals surface area contributed by atoms with E-state index in [-0.39, 0.29) is 6.04 Å². The number of hydrogen-bond donors (Lipinski definition) is 2. The van der Waals surface area contributed by atoms with Gasteiger partial charge in [0.1, 0.15) is 6.04 Å². The molecule has 0 aromatic rings. The van der Waals surface area contributed by atoms with Crippen LogP contribution in [0.5, 0.6) is 0 Å². The molecule has 1 fully saturated rings. The maximum absolute atomic E-state index is 11.1. The van der Waals surface area contributed by atoms with Crippen molar-refractivity contribution < 1.29 is 9.90 Å². The lowest BCUT2D eigenvalue weighted by Gasteiger charge is -2.32. The zero-order chi connectivity index (χ0) is 14.1. The summed E-state index contributed by atoms with van der Waals surface area (Å²) in [5.74, 6) is 0.184. The molecule has 4 nitrogen and oxygen atoms in total. The SMILES string of the molecule is CCCNC(CCN1CCC(CCC)CC1)C(=O)O. The summed E-state index contributed by atoms with van der Waals surface area (Å²) in [6.07, 6.45) is 6.90. The van der Waals surface area contributed by atoms with Crippen LogP contribution in [0.15, 0.2) is 0 Å². The summed E-state index contributed by atoms with van der Waals surface area (Å²) in [6, 6.07) is -0.381. The Bertz CT molecular complexity index is 251. The zero-order valence-electron chi connectivity index (χ0n) is 12.5. The van der Waals surface area contributed by atoms with Crippen molar-refractivity contribution in [1.29, 1.82) is 0 Å². The maximum atomic E-state index is 11.1. The predicted octanol–water partition coefficient (Wildman–Crippen LogP) is 2.34. The summed E-state index contributed by atoms with van der Waals surface area (Å²) in [6.45, 7) is 8.30. The van der Waals surface area contributed by atoms with E-state index in [1.54, 1.807) is 0 Å². The van der Waals surface area contributed by atoms with Gasteiger partial charge in [0.15, 0.2) is 0 Å². The number of carbonyl (C=O) groups is 1. The fraction of sp³-hybridized carbons (Fsp3) is 0.933. The van der Waals surface area contributed by atoms with Gasteiger partial charge in [0.2, 0.25) is 0 Å². The molecule has 1 heterocycles. The van der Waals surface area contributed by atoms with E-state index in [9.17, 15) is 4.79 Å². The van der Waals surface area contributed by atoms with Gasteiger partial charge in [0, 0.05) is 6.54 Å². The first-order chi connectivity index (χ1) is 9.17. The Morgan fingerprint density at radius 2 is 2.00 bits per heavy atom. The molecule has 1 aliphatic heterocycles. The van der Waals surface area contributed by atoms with Crippen LogP contribution in [0.4, 0.5) is 0 Å². The molecule has 2 N–H and O–H groups in total. The van der Waals surface area contributed by atoms with Gasteiger partial charge in [-0.2, -0.15) is 0 Å². The highest BCUT2D eigenvalue weighted by Crippen LogP contribution is 2.21. The number of carboxylic acid groups (broad SMARTS) is 1. The van der Waals surface area contributed by atoms with Gasteiger partial charge in [0.05, 0.1) is 0 Å². The molecule has 1 atom stereocenters. The molecule has 4 heteroatoms.